The summed E-state index contributed by atoms with van der Waals surface area (Å²) in [5, 5.41) is 7.52. The average molecular weight is 519 g/mol. The number of hydrogen-bond donors (Lipinski definition) is 1. The number of aliphatic imine (C=N–C) groups is 1. The van der Waals surface area contributed by atoms with Crippen LogP contribution in [0.4, 0.5) is 0 Å². The molecule has 1 aromatic heterocycles. The molecular formula is C21H38IN5O2. The van der Waals surface area contributed by atoms with Crippen molar-refractivity contribution in [2.75, 3.05) is 45.9 Å². The molecule has 1 N–H and O–H groups in total. The van der Waals surface area contributed by atoms with Crippen molar-refractivity contribution in [1.82, 2.24) is 20.3 Å². The quantitative estimate of drug-likeness (QED) is 0.366. The number of nitrogens with one attached hydrogen (secondary N) is 1. The van der Waals surface area contributed by atoms with Gasteiger partial charge in [-0.05, 0) is 25.2 Å². The van der Waals surface area contributed by atoms with Crippen molar-refractivity contribution in [3.8, 4) is 0 Å². The van der Waals surface area contributed by atoms with E-state index in [4.69, 9.17) is 14.3 Å². The Bertz CT molecular complexity index is 609. The summed E-state index contributed by atoms with van der Waals surface area (Å²) in [5.41, 5.74) is 1.16. The first kappa shape index (κ1) is 24.4. The van der Waals surface area contributed by atoms with Crippen molar-refractivity contribution in [1.29, 1.82) is 0 Å². The van der Waals surface area contributed by atoms with Crippen LogP contribution in [-0.2, 0) is 11.3 Å². The number of halogens is 1. The predicted molar refractivity (Wildman–Crippen MR) is 127 cm³/mol. The van der Waals surface area contributed by atoms with Gasteiger partial charge in [0.15, 0.2) is 5.96 Å². The van der Waals surface area contributed by atoms with Crippen LogP contribution in [0.5, 0.6) is 0 Å². The molecule has 0 bridgehead atoms. The Balaban J connectivity index is 0.00000300. The summed E-state index contributed by atoms with van der Waals surface area (Å²) in [6.45, 7) is 16.4. The fraction of sp³-hybridized carbons (Fsp3) is 0.810. The van der Waals surface area contributed by atoms with Crippen LogP contribution in [-0.4, -0.2) is 72.9 Å². The summed E-state index contributed by atoms with van der Waals surface area (Å²) in [4.78, 5) is 9.84. The lowest BCUT2D eigenvalue weighted by molar-refractivity contribution is -0.0824. The summed E-state index contributed by atoms with van der Waals surface area (Å²) in [6, 6.07) is 1.94. The van der Waals surface area contributed by atoms with Gasteiger partial charge in [0, 0.05) is 64.4 Å². The normalized spacial score (nSPS) is 24.3. The minimum Gasteiger partial charge on any atom is -0.377 e. The number of hydrogen-bond acceptors (Lipinski definition) is 5. The van der Waals surface area contributed by atoms with Crippen LogP contribution < -0.4 is 5.32 Å². The molecule has 2 aliphatic rings. The third-order valence-electron chi connectivity index (χ3n) is 5.66. The summed E-state index contributed by atoms with van der Waals surface area (Å²) < 4.78 is 11.1. The van der Waals surface area contributed by atoms with E-state index in [-0.39, 0.29) is 35.5 Å². The van der Waals surface area contributed by atoms with Crippen LogP contribution in [0.15, 0.2) is 21.8 Å². The monoisotopic (exact) mass is 519 g/mol. The second kappa shape index (κ2) is 11.5. The van der Waals surface area contributed by atoms with Crippen LogP contribution in [0.1, 0.15) is 46.2 Å². The van der Waals surface area contributed by atoms with Crippen molar-refractivity contribution in [2.24, 2.45) is 16.3 Å². The highest BCUT2D eigenvalue weighted by molar-refractivity contribution is 14.0. The van der Waals surface area contributed by atoms with E-state index >= 15 is 0 Å². The Hall–Kier alpha value is -0.870. The van der Waals surface area contributed by atoms with Gasteiger partial charge in [0.1, 0.15) is 6.26 Å². The largest absolute Gasteiger partial charge is 0.377 e. The van der Waals surface area contributed by atoms with Crippen LogP contribution >= 0.6 is 24.0 Å². The molecule has 8 heteroatoms. The zero-order valence-electron chi connectivity index (χ0n) is 18.4. The first-order chi connectivity index (χ1) is 13.5. The van der Waals surface area contributed by atoms with Gasteiger partial charge in [-0.15, -0.1) is 24.0 Å². The SMILES string of the molecule is CCNC(=NCC1CCCOC1C(C)(C)C)N1CCN(Cc2ccon2)CC1.I. The highest BCUT2D eigenvalue weighted by atomic mass is 127. The number of guanidine groups is 1. The maximum atomic E-state index is 6.13. The van der Waals surface area contributed by atoms with E-state index in [2.05, 4.69) is 48.0 Å². The lowest BCUT2D eigenvalue weighted by Gasteiger charge is -2.40. The van der Waals surface area contributed by atoms with Crippen molar-refractivity contribution in [2.45, 2.75) is 53.2 Å². The molecule has 2 saturated heterocycles. The van der Waals surface area contributed by atoms with E-state index in [0.29, 0.717) is 5.92 Å². The van der Waals surface area contributed by atoms with Crippen molar-refractivity contribution < 1.29 is 9.26 Å². The van der Waals surface area contributed by atoms with Crippen LogP contribution in [0.2, 0.25) is 0 Å². The van der Waals surface area contributed by atoms with Gasteiger partial charge in [-0.1, -0.05) is 25.9 Å². The smallest absolute Gasteiger partial charge is 0.194 e. The van der Waals surface area contributed by atoms with Crippen LogP contribution in [0, 0.1) is 11.3 Å². The fourth-order valence-corrected chi connectivity index (χ4v) is 4.28. The average Bonchev–Trinajstić information content (AvgIpc) is 3.18. The lowest BCUT2D eigenvalue weighted by Crippen LogP contribution is -2.52. The molecule has 7 nitrogen and oxygen atoms in total. The van der Waals surface area contributed by atoms with Crippen molar-refractivity contribution in [3.63, 3.8) is 0 Å². The Morgan fingerprint density at radius 2 is 2.03 bits per heavy atom. The van der Waals surface area contributed by atoms with E-state index < -0.39 is 0 Å². The summed E-state index contributed by atoms with van der Waals surface area (Å²) >= 11 is 0. The molecule has 0 aromatic carbocycles. The minimum absolute atomic E-state index is 0. The zero-order valence-corrected chi connectivity index (χ0v) is 20.7. The van der Waals surface area contributed by atoms with Gasteiger partial charge in [-0.25, -0.2) is 0 Å². The highest BCUT2D eigenvalue weighted by Gasteiger charge is 2.35. The van der Waals surface area contributed by atoms with E-state index in [1.165, 1.54) is 6.42 Å². The molecule has 0 spiro atoms. The summed E-state index contributed by atoms with van der Waals surface area (Å²) in [5.74, 6) is 1.54. The first-order valence-electron chi connectivity index (χ1n) is 10.7. The number of aromatic nitrogens is 1. The third kappa shape index (κ3) is 7.10. The molecule has 0 saturated carbocycles. The molecule has 2 fully saturated rings. The molecule has 3 rings (SSSR count). The number of nitrogens with zero attached hydrogens (tertiary/aromatic N) is 4. The molecule has 0 radical (unpaired) electrons. The first-order valence-corrected chi connectivity index (χ1v) is 10.7. The van der Waals surface area contributed by atoms with Gasteiger partial charge >= 0.3 is 0 Å². The summed E-state index contributed by atoms with van der Waals surface area (Å²) in [6.07, 6.45) is 4.27. The fourth-order valence-electron chi connectivity index (χ4n) is 4.28. The van der Waals surface area contributed by atoms with E-state index in [1.807, 2.05) is 6.07 Å². The minimum atomic E-state index is 0. The van der Waals surface area contributed by atoms with Crippen LogP contribution in [0.3, 0.4) is 0 Å². The molecule has 166 valence electrons. The van der Waals surface area contributed by atoms with E-state index in [1.54, 1.807) is 6.26 Å². The van der Waals surface area contributed by atoms with Crippen molar-refractivity contribution in [3.05, 3.63) is 18.0 Å². The third-order valence-corrected chi connectivity index (χ3v) is 5.66. The molecule has 3 heterocycles. The van der Waals surface area contributed by atoms with Gasteiger partial charge in [0.25, 0.3) is 0 Å². The molecule has 0 amide bonds. The highest BCUT2D eigenvalue weighted by Crippen LogP contribution is 2.34. The maximum absolute atomic E-state index is 6.13. The zero-order chi connectivity index (χ0) is 20.0. The molecular weight excluding hydrogens is 481 g/mol. The number of piperazine rings is 1. The Labute approximate surface area is 192 Å². The standard InChI is InChI=1S/C21H37N5O2.HI/c1-5-22-20(23-15-17-7-6-13-27-19(17)21(2,3)4)26-11-9-25(10-12-26)16-18-8-14-28-24-18;/h8,14,17,19H,5-7,9-13,15-16H2,1-4H3,(H,22,23);1H. The van der Waals surface area contributed by atoms with E-state index in [9.17, 15) is 0 Å². The molecule has 29 heavy (non-hydrogen) atoms. The molecule has 1 aromatic rings. The van der Waals surface area contributed by atoms with Gasteiger partial charge in [-0.2, -0.15) is 0 Å². The lowest BCUT2D eigenvalue weighted by atomic mass is 9.78. The second-order valence-corrected chi connectivity index (χ2v) is 9.01. The molecule has 2 unspecified atom stereocenters. The number of rotatable bonds is 5. The molecule has 2 aliphatic heterocycles. The topological polar surface area (TPSA) is 66.1 Å². The Kier molecular flexibility index (Phi) is 9.68. The van der Waals surface area contributed by atoms with Crippen LogP contribution in [0.25, 0.3) is 0 Å². The van der Waals surface area contributed by atoms with E-state index in [0.717, 1.165) is 70.5 Å². The van der Waals surface area contributed by atoms with Gasteiger partial charge in [-0.3, -0.25) is 9.89 Å². The predicted octanol–water partition coefficient (Wildman–Crippen LogP) is 3.22. The summed E-state index contributed by atoms with van der Waals surface area (Å²) in [7, 11) is 0. The molecule has 0 aliphatic carbocycles. The Morgan fingerprint density at radius 3 is 2.66 bits per heavy atom. The maximum Gasteiger partial charge on any atom is 0.194 e. The Morgan fingerprint density at radius 1 is 1.28 bits per heavy atom. The van der Waals surface area contributed by atoms with Crippen molar-refractivity contribution >= 4 is 29.9 Å². The van der Waals surface area contributed by atoms with Gasteiger partial charge < -0.3 is 19.5 Å². The number of ether oxygens (including phenoxy) is 1. The molecule has 2 atom stereocenters. The van der Waals surface area contributed by atoms with Gasteiger partial charge in [0.05, 0.1) is 11.8 Å². The van der Waals surface area contributed by atoms with Gasteiger partial charge in [0.2, 0.25) is 0 Å². The second-order valence-electron chi connectivity index (χ2n) is 9.01.